The summed E-state index contributed by atoms with van der Waals surface area (Å²) in [5.41, 5.74) is 6.82. The number of hydrogen-bond acceptors (Lipinski definition) is 8. The molecule has 1 saturated heterocycles. The van der Waals surface area contributed by atoms with E-state index in [1.807, 2.05) is 0 Å². The number of likely N-dealkylation sites (tertiary alicyclic amines) is 1. The molecule has 42 heavy (non-hydrogen) atoms. The van der Waals surface area contributed by atoms with Gasteiger partial charge in [0.1, 0.15) is 23.7 Å². The number of amidine groups is 1. The minimum atomic E-state index is -4.21. The first-order valence-corrected chi connectivity index (χ1v) is 15.0. The van der Waals surface area contributed by atoms with Gasteiger partial charge in [-0.2, -0.15) is 4.72 Å². The van der Waals surface area contributed by atoms with E-state index in [1.54, 1.807) is 24.3 Å². The van der Waals surface area contributed by atoms with Crippen molar-refractivity contribution in [1.82, 2.24) is 20.3 Å². The van der Waals surface area contributed by atoms with Gasteiger partial charge >= 0.3 is 0 Å². The number of nitrogens with zero attached hydrogens (tertiary/aromatic N) is 1. The first kappa shape index (κ1) is 32.5. The van der Waals surface area contributed by atoms with Gasteiger partial charge in [-0.05, 0) is 49.1 Å². The average Bonchev–Trinajstić information content (AvgIpc) is 3.48. The lowest BCUT2D eigenvalue weighted by Crippen LogP contribution is -2.54. The van der Waals surface area contributed by atoms with Crippen LogP contribution in [0.1, 0.15) is 36.8 Å². The third kappa shape index (κ3) is 8.99. The van der Waals surface area contributed by atoms with E-state index >= 15 is 0 Å². The Bertz CT molecular complexity index is 1350. The summed E-state index contributed by atoms with van der Waals surface area (Å²) in [7, 11) is -1.21. The van der Waals surface area contributed by atoms with Crippen molar-refractivity contribution in [2.24, 2.45) is 5.73 Å². The van der Waals surface area contributed by atoms with Gasteiger partial charge in [0.2, 0.25) is 27.7 Å². The highest BCUT2D eigenvalue weighted by molar-refractivity contribution is 7.89. The summed E-state index contributed by atoms with van der Waals surface area (Å²) < 4.78 is 38.9. The highest BCUT2D eigenvalue weighted by atomic mass is 32.2. The lowest BCUT2D eigenvalue weighted by Gasteiger charge is -2.28. The summed E-state index contributed by atoms with van der Waals surface area (Å²) in [5.74, 6) is -1.18. The van der Waals surface area contributed by atoms with Crippen LogP contribution in [0.3, 0.4) is 0 Å². The van der Waals surface area contributed by atoms with Crippen LogP contribution in [0.2, 0.25) is 0 Å². The summed E-state index contributed by atoms with van der Waals surface area (Å²) in [6.07, 6.45) is 1.03. The molecule has 1 heterocycles. The highest BCUT2D eigenvalue weighted by Gasteiger charge is 2.39. The predicted molar refractivity (Wildman–Crippen MR) is 155 cm³/mol. The van der Waals surface area contributed by atoms with Crippen molar-refractivity contribution < 1.29 is 32.3 Å². The van der Waals surface area contributed by atoms with Gasteiger partial charge in [0.05, 0.1) is 18.4 Å². The van der Waals surface area contributed by atoms with Gasteiger partial charge < -0.3 is 30.7 Å². The van der Waals surface area contributed by atoms with Crippen LogP contribution in [0.5, 0.6) is 5.75 Å². The first-order valence-electron chi connectivity index (χ1n) is 13.5. The number of hydrogen-bond donors (Lipinski definition) is 5. The third-order valence-corrected chi connectivity index (χ3v) is 8.26. The highest BCUT2D eigenvalue weighted by Crippen LogP contribution is 2.21. The topological polar surface area (TPSA) is 193 Å². The quantitative estimate of drug-likeness (QED) is 0.110. The van der Waals surface area contributed by atoms with Crippen LogP contribution in [-0.2, 0) is 35.7 Å². The normalized spacial score (nSPS) is 15.6. The summed E-state index contributed by atoms with van der Waals surface area (Å²) in [4.78, 5) is 40.8. The zero-order valence-electron chi connectivity index (χ0n) is 23.7. The van der Waals surface area contributed by atoms with Crippen LogP contribution in [0.25, 0.3) is 0 Å². The predicted octanol–water partition coefficient (Wildman–Crippen LogP) is 0.476. The fourth-order valence-corrected chi connectivity index (χ4v) is 5.69. The number of methoxy groups -OCH3 is 2. The van der Waals surface area contributed by atoms with E-state index in [1.165, 1.54) is 43.4 Å². The number of nitrogens with one attached hydrogen (secondary N) is 4. The lowest BCUT2D eigenvalue weighted by molar-refractivity contribution is -0.140. The van der Waals surface area contributed by atoms with Gasteiger partial charge in [-0.1, -0.05) is 24.3 Å². The van der Waals surface area contributed by atoms with Gasteiger partial charge in [-0.15, -0.1) is 0 Å². The van der Waals surface area contributed by atoms with E-state index in [-0.39, 0.29) is 23.8 Å². The number of rotatable bonds is 15. The van der Waals surface area contributed by atoms with Crippen molar-refractivity contribution in [1.29, 1.82) is 5.41 Å². The Morgan fingerprint density at radius 1 is 1.07 bits per heavy atom. The molecule has 1 aliphatic heterocycles. The molecule has 0 unspecified atom stereocenters. The Hall–Kier alpha value is -4.01. The summed E-state index contributed by atoms with van der Waals surface area (Å²) in [6.45, 7) is 1.15. The first-order chi connectivity index (χ1) is 20.1. The second-order valence-corrected chi connectivity index (χ2v) is 11.5. The Morgan fingerprint density at radius 3 is 2.38 bits per heavy atom. The van der Waals surface area contributed by atoms with Crippen LogP contribution in [0.4, 0.5) is 0 Å². The van der Waals surface area contributed by atoms with Crippen molar-refractivity contribution in [3.05, 3.63) is 59.7 Å². The second kappa shape index (κ2) is 15.3. The van der Waals surface area contributed by atoms with Crippen molar-refractivity contribution in [3.8, 4) is 5.75 Å². The van der Waals surface area contributed by atoms with Crippen LogP contribution in [-0.4, -0.2) is 82.9 Å². The van der Waals surface area contributed by atoms with Gasteiger partial charge in [0.25, 0.3) is 0 Å². The number of nitrogens with two attached hydrogens (primary N) is 1. The maximum atomic E-state index is 13.7. The molecule has 0 aromatic heterocycles. The standard InChI is InChI=1S/C28H38N6O7S/c1-40-16-4-14-31-25(35)17-23(33-42(38,39)22-12-10-21(41-2)11-13-22)28(37)34-15-3-5-24(34)27(36)32-18-19-6-8-20(9-7-19)26(29)30/h6-13,23-24,33H,3-5,14-18H2,1-2H3,(H3,29,30)(H,31,35)(H,32,36)/t23-,24-/m0/s1. The maximum absolute atomic E-state index is 13.7. The number of nitrogen functional groups attached to an aromatic ring is 1. The number of ether oxygens (including phenoxy) is 2. The Morgan fingerprint density at radius 2 is 1.76 bits per heavy atom. The second-order valence-electron chi connectivity index (χ2n) is 9.77. The molecule has 1 aliphatic rings. The molecule has 0 aliphatic carbocycles. The van der Waals surface area contributed by atoms with E-state index < -0.39 is 46.2 Å². The van der Waals surface area contributed by atoms with Gasteiger partial charge in [0, 0.05) is 38.9 Å². The van der Waals surface area contributed by atoms with Gasteiger partial charge in [-0.25, -0.2) is 8.42 Å². The van der Waals surface area contributed by atoms with Crippen LogP contribution in [0.15, 0.2) is 53.4 Å². The SMILES string of the molecule is COCCCNC(=O)C[C@H](NS(=O)(=O)c1ccc(OC)cc1)C(=O)N1CCC[C@H]1C(=O)NCc1ccc(C(=N)N)cc1. The Balaban J connectivity index is 1.74. The monoisotopic (exact) mass is 602 g/mol. The smallest absolute Gasteiger partial charge is 0.243 e. The minimum absolute atomic E-state index is 0.0634. The molecule has 228 valence electrons. The molecule has 2 atom stereocenters. The molecule has 2 aromatic rings. The number of amides is 3. The summed E-state index contributed by atoms with van der Waals surface area (Å²) >= 11 is 0. The summed E-state index contributed by atoms with van der Waals surface area (Å²) in [6, 6.07) is 10.2. The third-order valence-electron chi connectivity index (χ3n) is 6.77. The van der Waals surface area contributed by atoms with E-state index in [0.29, 0.717) is 43.7 Å². The molecule has 1 fully saturated rings. The zero-order chi connectivity index (χ0) is 30.7. The van der Waals surface area contributed by atoms with E-state index in [4.69, 9.17) is 20.6 Å². The van der Waals surface area contributed by atoms with Gasteiger partial charge in [0.15, 0.2) is 0 Å². The molecule has 0 saturated carbocycles. The molecule has 14 heteroatoms. The molecule has 3 amide bonds. The Kier molecular flexibility index (Phi) is 11.8. The molecule has 0 radical (unpaired) electrons. The van der Waals surface area contributed by atoms with E-state index in [0.717, 1.165) is 5.56 Å². The largest absolute Gasteiger partial charge is 0.497 e. The van der Waals surface area contributed by atoms with E-state index in [9.17, 15) is 22.8 Å². The maximum Gasteiger partial charge on any atom is 0.243 e. The molecule has 0 bridgehead atoms. The number of carbonyl (C=O) groups excluding carboxylic acids is 3. The lowest BCUT2D eigenvalue weighted by atomic mass is 10.1. The molecule has 6 N–H and O–H groups in total. The molecule has 0 spiro atoms. The minimum Gasteiger partial charge on any atom is -0.497 e. The number of sulfonamides is 1. The van der Waals surface area contributed by atoms with Crippen molar-refractivity contribution in [2.45, 2.75) is 49.2 Å². The molecule has 3 rings (SSSR count). The molecular formula is C28H38N6O7S. The van der Waals surface area contributed by atoms with Crippen LogP contribution in [0, 0.1) is 5.41 Å². The summed E-state index contributed by atoms with van der Waals surface area (Å²) in [5, 5.41) is 13.0. The molecule has 2 aromatic carbocycles. The number of carbonyl (C=O) groups is 3. The fraction of sp³-hybridized carbons (Fsp3) is 0.429. The van der Waals surface area contributed by atoms with Gasteiger partial charge in [-0.3, -0.25) is 19.8 Å². The average molecular weight is 603 g/mol. The fourth-order valence-electron chi connectivity index (χ4n) is 4.50. The molecular weight excluding hydrogens is 564 g/mol. The van der Waals surface area contributed by atoms with Crippen LogP contribution >= 0.6 is 0 Å². The van der Waals surface area contributed by atoms with Crippen LogP contribution < -0.4 is 25.8 Å². The zero-order valence-corrected chi connectivity index (χ0v) is 24.5. The Labute approximate surface area is 245 Å². The number of benzene rings is 2. The van der Waals surface area contributed by atoms with Crippen molar-refractivity contribution in [2.75, 3.05) is 33.9 Å². The van der Waals surface area contributed by atoms with Crippen molar-refractivity contribution in [3.63, 3.8) is 0 Å². The van der Waals surface area contributed by atoms with E-state index in [2.05, 4.69) is 15.4 Å². The molecule has 13 nitrogen and oxygen atoms in total. The van der Waals surface area contributed by atoms with Crippen molar-refractivity contribution >= 4 is 33.6 Å².